The molecule has 1 saturated heterocycles. The highest BCUT2D eigenvalue weighted by atomic mass is 16.7. The fourth-order valence-electron chi connectivity index (χ4n) is 2.66. The lowest BCUT2D eigenvalue weighted by molar-refractivity contribution is -0.273. The molecule has 1 rings (SSSR count). The molecule has 8 nitrogen and oxygen atoms in total. The first-order chi connectivity index (χ1) is 11.4. The van der Waals surface area contributed by atoms with E-state index in [9.17, 15) is 9.59 Å². The van der Waals surface area contributed by atoms with Crippen molar-refractivity contribution in [2.45, 2.75) is 46.2 Å². The second kappa shape index (κ2) is 10.6. The van der Waals surface area contributed by atoms with Gasteiger partial charge in [-0.25, -0.2) is 0 Å². The molecule has 140 valence electrons. The largest absolute Gasteiger partial charge is 0.463 e. The Morgan fingerprint density at radius 1 is 1.04 bits per heavy atom. The highest BCUT2D eigenvalue weighted by Crippen LogP contribution is 2.33. The van der Waals surface area contributed by atoms with E-state index in [2.05, 4.69) is 0 Å². The first-order valence-corrected chi connectivity index (χ1v) is 8.22. The lowest BCUT2D eigenvalue weighted by Gasteiger charge is -2.43. The summed E-state index contributed by atoms with van der Waals surface area (Å²) in [6.45, 7) is 8.23. The zero-order chi connectivity index (χ0) is 18.1. The van der Waals surface area contributed by atoms with Crippen LogP contribution in [0.25, 0.3) is 0 Å². The summed E-state index contributed by atoms with van der Waals surface area (Å²) in [7, 11) is 0. The van der Waals surface area contributed by atoms with Crippen LogP contribution in [0, 0.1) is 11.8 Å². The van der Waals surface area contributed by atoms with Crippen molar-refractivity contribution >= 4 is 11.9 Å². The van der Waals surface area contributed by atoms with Gasteiger partial charge in [0.05, 0.1) is 19.8 Å². The predicted octanol–water partition coefficient (Wildman–Crippen LogP) is 0.470. The van der Waals surface area contributed by atoms with Crippen molar-refractivity contribution in [1.29, 1.82) is 0 Å². The molecule has 8 heteroatoms. The van der Waals surface area contributed by atoms with E-state index in [4.69, 9.17) is 29.4 Å². The SMILES string of the molecule is CC(=O)OCC1OC(OCCOCCN)C(C)C(OC(C)=O)C1C. The molecule has 0 radical (unpaired) electrons. The number of ether oxygens (including phenoxy) is 5. The number of carbonyl (C=O) groups excluding carboxylic acids is 2. The minimum atomic E-state index is -0.576. The van der Waals surface area contributed by atoms with Gasteiger partial charge in [-0.05, 0) is 0 Å². The van der Waals surface area contributed by atoms with Crippen molar-refractivity contribution in [3.63, 3.8) is 0 Å². The van der Waals surface area contributed by atoms with Gasteiger partial charge < -0.3 is 29.4 Å². The lowest BCUT2D eigenvalue weighted by atomic mass is 9.86. The number of esters is 2. The molecular weight excluding hydrogens is 318 g/mol. The first kappa shape index (κ1) is 20.8. The van der Waals surface area contributed by atoms with Crippen molar-refractivity contribution in [2.75, 3.05) is 33.0 Å². The normalized spacial score (nSPS) is 30.0. The van der Waals surface area contributed by atoms with Crippen molar-refractivity contribution in [1.82, 2.24) is 0 Å². The number of hydrogen-bond acceptors (Lipinski definition) is 8. The van der Waals surface area contributed by atoms with Gasteiger partial charge >= 0.3 is 11.9 Å². The number of carbonyl (C=O) groups is 2. The van der Waals surface area contributed by atoms with Gasteiger partial charge in [-0.1, -0.05) is 13.8 Å². The number of rotatable bonds is 9. The molecule has 5 atom stereocenters. The Bertz CT molecular complexity index is 404. The van der Waals surface area contributed by atoms with E-state index in [0.29, 0.717) is 26.4 Å². The maximum atomic E-state index is 11.4. The van der Waals surface area contributed by atoms with Crippen LogP contribution in [0.4, 0.5) is 0 Å². The Kier molecular flexibility index (Phi) is 9.20. The van der Waals surface area contributed by atoms with E-state index in [1.807, 2.05) is 13.8 Å². The van der Waals surface area contributed by atoms with Crippen LogP contribution in [0.2, 0.25) is 0 Å². The molecule has 0 amide bonds. The molecule has 0 saturated carbocycles. The maximum Gasteiger partial charge on any atom is 0.302 e. The molecular formula is C16H29NO7. The fraction of sp³-hybridized carbons (Fsp3) is 0.875. The van der Waals surface area contributed by atoms with Gasteiger partial charge in [0, 0.05) is 32.2 Å². The molecule has 1 aliphatic rings. The average Bonchev–Trinajstić information content (AvgIpc) is 2.51. The fourth-order valence-corrected chi connectivity index (χ4v) is 2.66. The van der Waals surface area contributed by atoms with Gasteiger partial charge in [-0.3, -0.25) is 9.59 Å². The summed E-state index contributed by atoms with van der Waals surface area (Å²) in [6, 6.07) is 0. The minimum Gasteiger partial charge on any atom is -0.463 e. The Labute approximate surface area is 142 Å². The highest BCUT2D eigenvalue weighted by molar-refractivity contribution is 5.66. The van der Waals surface area contributed by atoms with Crippen LogP contribution in [0.3, 0.4) is 0 Å². The lowest BCUT2D eigenvalue weighted by Crippen LogP contribution is -2.53. The van der Waals surface area contributed by atoms with Gasteiger partial charge in [-0.15, -0.1) is 0 Å². The Hall–Kier alpha value is -1.22. The molecule has 1 fully saturated rings. The summed E-state index contributed by atoms with van der Waals surface area (Å²) < 4.78 is 27.4. The highest BCUT2D eigenvalue weighted by Gasteiger charge is 2.44. The van der Waals surface area contributed by atoms with Crippen molar-refractivity contribution < 1.29 is 33.3 Å². The molecule has 0 aromatic carbocycles. The van der Waals surface area contributed by atoms with Gasteiger partial charge in [0.25, 0.3) is 0 Å². The first-order valence-electron chi connectivity index (χ1n) is 8.22. The standard InChI is InChI=1S/C16H29NO7/c1-10-14(9-22-12(3)18)24-16(21-8-7-20-6-5-17)11(2)15(10)23-13(4)19/h10-11,14-16H,5-9,17H2,1-4H3. The number of hydrogen-bond donors (Lipinski definition) is 1. The van der Waals surface area contributed by atoms with E-state index >= 15 is 0 Å². The zero-order valence-corrected chi connectivity index (χ0v) is 14.9. The molecule has 0 spiro atoms. The topological polar surface area (TPSA) is 106 Å². The molecule has 0 aromatic heterocycles. The maximum absolute atomic E-state index is 11.4. The van der Waals surface area contributed by atoms with E-state index < -0.39 is 12.4 Å². The number of nitrogens with two attached hydrogens (primary N) is 1. The molecule has 5 unspecified atom stereocenters. The Balaban J connectivity index is 2.66. The van der Waals surface area contributed by atoms with E-state index in [-0.39, 0.29) is 36.5 Å². The van der Waals surface area contributed by atoms with Crippen LogP contribution in [0.1, 0.15) is 27.7 Å². The molecule has 0 aliphatic carbocycles. The molecule has 0 bridgehead atoms. The minimum absolute atomic E-state index is 0.0878. The van der Waals surface area contributed by atoms with Crippen LogP contribution in [0.15, 0.2) is 0 Å². The second-order valence-corrected chi connectivity index (χ2v) is 5.91. The zero-order valence-electron chi connectivity index (χ0n) is 14.9. The van der Waals surface area contributed by atoms with E-state index in [1.165, 1.54) is 13.8 Å². The third kappa shape index (κ3) is 6.72. The smallest absolute Gasteiger partial charge is 0.302 e. The Morgan fingerprint density at radius 3 is 2.33 bits per heavy atom. The monoisotopic (exact) mass is 347 g/mol. The quantitative estimate of drug-likeness (QED) is 0.474. The van der Waals surface area contributed by atoms with Crippen molar-refractivity contribution in [3.8, 4) is 0 Å². The third-order valence-electron chi connectivity index (χ3n) is 3.89. The summed E-state index contributed by atoms with van der Waals surface area (Å²) in [5, 5.41) is 0. The molecule has 24 heavy (non-hydrogen) atoms. The molecule has 1 aliphatic heterocycles. The summed E-state index contributed by atoms with van der Waals surface area (Å²) in [4.78, 5) is 22.4. The Morgan fingerprint density at radius 2 is 1.75 bits per heavy atom. The van der Waals surface area contributed by atoms with Crippen LogP contribution < -0.4 is 5.73 Å². The van der Waals surface area contributed by atoms with Gasteiger partial charge in [0.1, 0.15) is 18.8 Å². The van der Waals surface area contributed by atoms with Crippen LogP contribution in [0.5, 0.6) is 0 Å². The van der Waals surface area contributed by atoms with Crippen LogP contribution in [-0.4, -0.2) is 63.4 Å². The molecule has 0 aromatic rings. The van der Waals surface area contributed by atoms with Crippen LogP contribution in [-0.2, 0) is 33.3 Å². The predicted molar refractivity (Wildman–Crippen MR) is 85.0 cm³/mol. The van der Waals surface area contributed by atoms with E-state index in [1.54, 1.807) is 0 Å². The summed E-state index contributed by atoms with van der Waals surface area (Å²) in [6.07, 6.45) is -1.37. The average molecular weight is 347 g/mol. The summed E-state index contributed by atoms with van der Waals surface area (Å²) in [5.74, 6) is -1.04. The van der Waals surface area contributed by atoms with Gasteiger partial charge in [0.2, 0.25) is 0 Å². The van der Waals surface area contributed by atoms with Crippen molar-refractivity contribution in [3.05, 3.63) is 0 Å². The molecule has 1 heterocycles. The van der Waals surface area contributed by atoms with Crippen molar-refractivity contribution in [2.24, 2.45) is 17.6 Å². The van der Waals surface area contributed by atoms with Crippen LogP contribution >= 0.6 is 0 Å². The van der Waals surface area contributed by atoms with Gasteiger partial charge in [0.15, 0.2) is 6.29 Å². The molecule has 2 N–H and O–H groups in total. The summed E-state index contributed by atoms with van der Waals surface area (Å²) >= 11 is 0. The second-order valence-electron chi connectivity index (χ2n) is 5.91. The third-order valence-corrected chi connectivity index (χ3v) is 3.89. The summed E-state index contributed by atoms with van der Waals surface area (Å²) in [5.41, 5.74) is 5.35. The van der Waals surface area contributed by atoms with E-state index in [0.717, 1.165) is 0 Å². The van der Waals surface area contributed by atoms with Gasteiger partial charge in [-0.2, -0.15) is 0 Å².